The number of hydrogen-bond donors (Lipinski definition) is 3. The third-order valence-corrected chi connectivity index (χ3v) is 2.76. The van der Waals surface area contributed by atoms with Crippen molar-refractivity contribution >= 4 is 17.3 Å². The summed E-state index contributed by atoms with van der Waals surface area (Å²) in [6.45, 7) is 2.08. The van der Waals surface area contributed by atoms with E-state index >= 15 is 0 Å². The van der Waals surface area contributed by atoms with Crippen molar-refractivity contribution in [1.29, 1.82) is 0 Å². The molecule has 0 saturated heterocycles. The van der Waals surface area contributed by atoms with Crippen LogP contribution in [0.1, 0.15) is 19.2 Å². The van der Waals surface area contributed by atoms with E-state index in [0.717, 1.165) is 30.1 Å². The van der Waals surface area contributed by atoms with Gasteiger partial charge in [-0.15, -0.1) is 0 Å². The maximum Gasteiger partial charge on any atom is 0.145 e. The van der Waals surface area contributed by atoms with E-state index < -0.39 is 0 Å². The van der Waals surface area contributed by atoms with Crippen molar-refractivity contribution in [2.24, 2.45) is 5.84 Å². The second-order valence-corrected chi connectivity index (χ2v) is 4.27. The van der Waals surface area contributed by atoms with E-state index in [2.05, 4.69) is 27.6 Å². The van der Waals surface area contributed by atoms with Gasteiger partial charge in [0.1, 0.15) is 23.2 Å². The monoisotopic (exact) mass is 273 g/mol. The number of methoxy groups -OCH3 is 1. The lowest BCUT2D eigenvalue weighted by atomic mass is 10.3. The molecule has 2 aromatic rings. The molecule has 0 bridgehead atoms. The summed E-state index contributed by atoms with van der Waals surface area (Å²) in [5.41, 5.74) is 3.40. The number of anilines is 3. The lowest BCUT2D eigenvalue weighted by molar-refractivity contribution is 0.417. The van der Waals surface area contributed by atoms with Gasteiger partial charge in [0, 0.05) is 12.5 Å². The third-order valence-electron chi connectivity index (χ3n) is 2.76. The highest BCUT2D eigenvalue weighted by Crippen LogP contribution is 2.26. The van der Waals surface area contributed by atoms with Crippen molar-refractivity contribution < 1.29 is 4.74 Å². The van der Waals surface area contributed by atoms with Gasteiger partial charge in [-0.1, -0.05) is 19.1 Å². The molecule has 0 saturated carbocycles. The Labute approximate surface area is 118 Å². The van der Waals surface area contributed by atoms with Crippen molar-refractivity contribution in [3.05, 3.63) is 36.2 Å². The first-order valence-corrected chi connectivity index (χ1v) is 6.51. The molecular formula is C14H19N5O. The number of nitrogens with one attached hydrogen (secondary N) is 2. The molecule has 6 heteroatoms. The van der Waals surface area contributed by atoms with Crippen LogP contribution in [0.2, 0.25) is 0 Å². The standard InChI is InChI=1S/C14H19N5O/c1-3-6-12-17-13(9-14(18-12)19-15)16-10-7-4-5-8-11(10)20-2/h4-5,7-9H,3,6,15H2,1-2H3,(H2,16,17,18,19). The van der Waals surface area contributed by atoms with E-state index in [1.807, 2.05) is 24.3 Å². The molecule has 0 fully saturated rings. The first-order chi connectivity index (χ1) is 9.76. The van der Waals surface area contributed by atoms with Crippen LogP contribution < -0.4 is 21.3 Å². The van der Waals surface area contributed by atoms with Gasteiger partial charge in [-0.25, -0.2) is 15.8 Å². The molecular weight excluding hydrogens is 254 g/mol. The van der Waals surface area contributed by atoms with Crippen molar-refractivity contribution in [3.8, 4) is 5.75 Å². The Morgan fingerprint density at radius 2 is 1.95 bits per heavy atom. The molecule has 4 N–H and O–H groups in total. The summed E-state index contributed by atoms with van der Waals surface area (Å²) in [6, 6.07) is 9.42. The van der Waals surface area contributed by atoms with Crippen molar-refractivity contribution in [2.75, 3.05) is 17.9 Å². The average Bonchev–Trinajstić information content (AvgIpc) is 2.48. The number of nitrogen functional groups attached to an aromatic ring is 1. The Balaban J connectivity index is 2.30. The normalized spacial score (nSPS) is 10.2. The largest absolute Gasteiger partial charge is 0.495 e. The summed E-state index contributed by atoms with van der Waals surface area (Å²) >= 11 is 0. The van der Waals surface area contributed by atoms with Gasteiger partial charge in [-0.05, 0) is 18.6 Å². The van der Waals surface area contributed by atoms with E-state index in [1.54, 1.807) is 13.2 Å². The molecule has 0 atom stereocenters. The molecule has 6 nitrogen and oxygen atoms in total. The highest BCUT2D eigenvalue weighted by molar-refractivity contribution is 5.65. The summed E-state index contributed by atoms with van der Waals surface area (Å²) in [5.74, 6) is 8.21. The minimum Gasteiger partial charge on any atom is -0.495 e. The Morgan fingerprint density at radius 3 is 2.65 bits per heavy atom. The maximum atomic E-state index is 5.44. The summed E-state index contributed by atoms with van der Waals surface area (Å²) in [4.78, 5) is 8.78. The first kappa shape index (κ1) is 14.1. The number of nitrogens with zero attached hydrogens (tertiary/aromatic N) is 2. The zero-order valence-corrected chi connectivity index (χ0v) is 11.7. The van der Waals surface area contributed by atoms with Gasteiger partial charge in [0.2, 0.25) is 0 Å². The third kappa shape index (κ3) is 3.36. The fraction of sp³-hybridized carbons (Fsp3) is 0.286. The van der Waals surface area contributed by atoms with Gasteiger partial charge in [0.15, 0.2) is 0 Å². The van der Waals surface area contributed by atoms with E-state index in [0.29, 0.717) is 11.6 Å². The van der Waals surface area contributed by atoms with Gasteiger partial charge in [-0.2, -0.15) is 0 Å². The van der Waals surface area contributed by atoms with Crippen LogP contribution in [-0.2, 0) is 6.42 Å². The van der Waals surface area contributed by atoms with Crippen LogP contribution in [0.5, 0.6) is 5.75 Å². The lowest BCUT2D eigenvalue weighted by Gasteiger charge is -2.12. The molecule has 0 aliphatic carbocycles. The van der Waals surface area contributed by atoms with Gasteiger partial charge >= 0.3 is 0 Å². The summed E-state index contributed by atoms with van der Waals surface area (Å²) in [7, 11) is 1.63. The van der Waals surface area contributed by atoms with Crippen LogP contribution in [0.3, 0.4) is 0 Å². The fourth-order valence-electron chi connectivity index (χ4n) is 1.86. The van der Waals surface area contributed by atoms with Crippen LogP contribution in [-0.4, -0.2) is 17.1 Å². The van der Waals surface area contributed by atoms with Crippen molar-refractivity contribution in [2.45, 2.75) is 19.8 Å². The topological polar surface area (TPSA) is 85.1 Å². The van der Waals surface area contributed by atoms with Gasteiger partial charge in [0.05, 0.1) is 12.8 Å². The fourth-order valence-corrected chi connectivity index (χ4v) is 1.86. The quantitative estimate of drug-likeness (QED) is 0.554. The minimum atomic E-state index is 0.584. The molecule has 20 heavy (non-hydrogen) atoms. The number of aryl methyl sites for hydroxylation is 1. The van der Waals surface area contributed by atoms with Gasteiger partial charge < -0.3 is 15.5 Å². The Bertz CT molecular complexity index is 573. The van der Waals surface area contributed by atoms with Crippen molar-refractivity contribution in [1.82, 2.24) is 9.97 Å². The second-order valence-electron chi connectivity index (χ2n) is 4.27. The highest BCUT2D eigenvalue weighted by atomic mass is 16.5. The molecule has 0 radical (unpaired) electrons. The summed E-state index contributed by atoms with van der Waals surface area (Å²) in [5, 5.41) is 3.23. The zero-order chi connectivity index (χ0) is 14.4. The predicted molar refractivity (Wildman–Crippen MR) is 80.1 cm³/mol. The number of nitrogens with two attached hydrogens (primary N) is 1. The van der Waals surface area contributed by atoms with Crippen LogP contribution >= 0.6 is 0 Å². The predicted octanol–water partition coefficient (Wildman–Crippen LogP) is 2.47. The summed E-state index contributed by atoms with van der Waals surface area (Å²) in [6.07, 6.45) is 1.78. The lowest BCUT2D eigenvalue weighted by Crippen LogP contribution is -2.11. The van der Waals surface area contributed by atoms with Crippen LogP contribution in [0, 0.1) is 0 Å². The maximum absolute atomic E-state index is 5.44. The molecule has 2 rings (SSSR count). The number of benzene rings is 1. The molecule has 0 unspecified atom stereocenters. The number of hydrogen-bond acceptors (Lipinski definition) is 6. The van der Waals surface area contributed by atoms with E-state index in [9.17, 15) is 0 Å². The van der Waals surface area contributed by atoms with Crippen LogP contribution in [0.4, 0.5) is 17.3 Å². The molecule has 0 aliphatic heterocycles. The highest BCUT2D eigenvalue weighted by Gasteiger charge is 2.06. The number of rotatable bonds is 6. The van der Waals surface area contributed by atoms with E-state index in [4.69, 9.17) is 10.6 Å². The molecule has 0 aliphatic rings. The summed E-state index contributed by atoms with van der Waals surface area (Å²) < 4.78 is 5.31. The smallest absolute Gasteiger partial charge is 0.145 e. The zero-order valence-electron chi connectivity index (χ0n) is 11.7. The molecule has 0 spiro atoms. The molecule has 1 aromatic heterocycles. The van der Waals surface area contributed by atoms with Gasteiger partial charge in [-0.3, -0.25) is 0 Å². The minimum absolute atomic E-state index is 0.584. The van der Waals surface area contributed by atoms with Crippen LogP contribution in [0.25, 0.3) is 0 Å². The Morgan fingerprint density at radius 1 is 1.20 bits per heavy atom. The molecule has 1 aromatic carbocycles. The number of aromatic nitrogens is 2. The average molecular weight is 273 g/mol. The number of para-hydroxylation sites is 2. The number of hydrazine groups is 1. The molecule has 0 amide bonds. The Hall–Kier alpha value is -2.34. The first-order valence-electron chi connectivity index (χ1n) is 6.51. The SMILES string of the molecule is CCCc1nc(NN)cc(Nc2ccccc2OC)n1. The molecule has 106 valence electrons. The number of ether oxygens (including phenoxy) is 1. The van der Waals surface area contributed by atoms with Gasteiger partial charge in [0.25, 0.3) is 0 Å². The Kier molecular flexibility index (Phi) is 4.73. The van der Waals surface area contributed by atoms with Crippen molar-refractivity contribution in [3.63, 3.8) is 0 Å². The van der Waals surface area contributed by atoms with Crippen LogP contribution in [0.15, 0.2) is 30.3 Å². The van der Waals surface area contributed by atoms with E-state index in [-0.39, 0.29) is 0 Å². The second kappa shape index (κ2) is 6.72. The van der Waals surface area contributed by atoms with E-state index in [1.165, 1.54) is 0 Å². The molecule has 1 heterocycles.